The minimum atomic E-state index is -0.0647. The molecule has 0 radical (unpaired) electrons. The molecule has 1 amide bonds. The van der Waals surface area contributed by atoms with Crippen LogP contribution in [0.25, 0.3) is 0 Å². The quantitative estimate of drug-likeness (QED) is 0.672. The molecule has 1 aliphatic carbocycles. The largest absolute Gasteiger partial charge is 0.348 e. The first-order valence-corrected chi connectivity index (χ1v) is 10.2. The Bertz CT molecular complexity index is 676. The van der Waals surface area contributed by atoms with Gasteiger partial charge in [0.25, 0.3) is 5.91 Å². The summed E-state index contributed by atoms with van der Waals surface area (Å²) in [4.78, 5) is 17.4. The smallest absolute Gasteiger partial charge is 0.283 e. The maximum absolute atomic E-state index is 12.9. The van der Waals surface area contributed by atoms with E-state index in [0.29, 0.717) is 6.04 Å². The van der Waals surface area contributed by atoms with E-state index in [9.17, 15) is 4.79 Å². The van der Waals surface area contributed by atoms with Crippen LogP contribution < -0.4 is 15.1 Å². The fourth-order valence-electron chi connectivity index (χ4n) is 3.78. The minimum Gasteiger partial charge on any atom is -0.348 e. The van der Waals surface area contributed by atoms with Crippen LogP contribution in [0.2, 0.25) is 0 Å². The Hall–Kier alpha value is -1.69. The van der Waals surface area contributed by atoms with Gasteiger partial charge in [-0.15, -0.1) is 11.3 Å². The van der Waals surface area contributed by atoms with Crippen LogP contribution in [-0.2, 0) is 11.3 Å². The van der Waals surface area contributed by atoms with Gasteiger partial charge in [-0.05, 0) is 24.3 Å². The molecule has 1 aromatic heterocycles. The zero-order valence-electron chi connectivity index (χ0n) is 14.5. The third-order valence-electron chi connectivity index (χ3n) is 5.33. The van der Waals surface area contributed by atoms with Crippen LogP contribution in [0.15, 0.2) is 47.8 Å². The predicted octanol–water partition coefficient (Wildman–Crippen LogP) is 0.0514. The van der Waals surface area contributed by atoms with Crippen LogP contribution >= 0.6 is 11.3 Å². The molecule has 2 aromatic rings. The van der Waals surface area contributed by atoms with Gasteiger partial charge < -0.3 is 15.1 Å². The van der Waals surface area contributed by atoms with Crippen molar-refractivity contribution >= 4 is 17.2 Å². The number of thiophene rings is 1. The van der Waals surface area contributed by atoms with Gasteiger partial charge in [-0.3, -0.25) is 4.79 Å². The summed E-state index contributed by atoms with van der Waals surface area (Å²) in [5, 5.41) is 5.39. The number of piperazine rings is 1. The Morgan fingerprint density at radius 2 is 1.84 bits per heavy atom. The fourth-order valence-corrected chi connectivity index (χ4v) is 4.56. The second kappa shape index (κ2) is 7.68. The van der Waals surface area contributed by atoms with Crippen molar-refractivity contribution in [2.45, 2.75) is 31.5 Å². The first kappa shape index (κ1) is 16.8. The Morgan fingerprint density at radius 1 is 1.08 bits per heavy atom. The zero-order chi connectivity index (χ0) is 17.1. The van der Waals surface area contributed by atoms with Crippen molar-refractivity contribution in [3.63, 3.8) is 0 Å². The first-order chi connectivity index (χ1) is 12.3. The van der Waals surface area contributed by atoms with Gasteiger partial charge in [0, 0.05) is 11.6 Å². The highest BCUT2D eigenvalue weighted by atomic mass is 32.1. The van der Waals surface area contributed by atoms with Crippen molar-refractivity contribution in [3.05, 3.63) is 58.3 Å². The van der Waals surface area contributed by atoms with Gasteiger partial charge in [-0.2, -0.15) is 0 Å². The van der Waals surface area contributed by atoms with Crippen molar-refractivity contribution in [2.75, 3.05) is 26.2 Å². The van der Waals surface area contributed by atoms with Crippen LogP contribution in [0, 0.1) is 0 Å². The Labute approximate surface area is 153 Å². The van der Waals surface area contributed by atoms with Crippen molar-refractivity contribution < 1.29 is 14.6 Å². The summed E-state index contributed by atoms with van der Waals surface area (Å²) in [6, 6.07) is 15.0. The van der Waals surface area contributed by atoms with E-state index in [-0.39, 0.29) is 11.9 Å². The highest BCUT2D eigenvalue weighted by Crippen LogP contribution is 2.20. The molecule has 0 spiro atoms. The van der Waals surface area contributed by atoms with E-state index in [0.717, 1.165) is 51.1 Å². The van der Waals surface area contributed by atoms with Crippen molar-refractivity contribution in [2.24, 2.45) is 0 Å². The summed E-state index contributed by atoms with van der Waals surface area (Å²) in [6.45, 7) is 5.49. The number of hydrogen-bond acceptors (Lipinski definition) is 2. The number of benzene rings is 1. The highest BCUT2D eigenvalue weighted by molar-refractivity contribution is 7.09. The van der Waals surface area contributed by atoms with Crippen LogP contribution in [-0.4, -0.2) is 38.1 Å². The molecule has 0 bridgehead atoms. The summed E-state index contributed by atoms with van der Waals surface area (Å²) in [7, 11) is 0. The number of quaternary nitrogens is 2. The lowest BCUT2D eigenvalue weighted by Crippen LogP contribution is -3.28. The lowest BCUT2D eigenvalue weighted by Gasteiger charge is -2.34. The van der Waals surface area contributed by atoms with E-state index in [2.05, 4.69) is 35.0 Å². The number of rotatable bonds is 6. The predicted molar refractivity (Wildman–Crippen MR) is 99.8 cm³/mol. The average molecular weight is 358 g/mol. The van der Waals surface area contributed by atoms with E-state index >= 15 is 0 Å². The Balaban J connectivity index is 1.42. The zero-order valence-corrected chi connectivity index (χ0v) is 15.4. The molecule has 1 aliphatic heterocycles. The third kappa shape index (κ3) is 4.29. The number of carbonyl (C=O) groups is 1. The van der Waals surface area contributed by atoms with Crippen molar-refractivity contribution in [3.8, 4) is 0 Å². The van der Waals surface area contributed by atoms with Crippen LogP contribution in [0.4, 0.5) is 0 Å². The monoisotopic (exact) mass is 357 g/mol. The molecule has 0 unspecified atom stereocenters. The lowest BCUT2D eigenvalue weighted by molar-refractivity contribution is -1.03. The van der Waals surface area contributed by atoms with Gasteiger partial charge in [0.15, 0.2) is 6.04 Å². The number of amides is 1. The number of hydrogen-bond donors (Lipinski definition) is 3. The van der Waals surface area contributed by atoms with Gasteiger partial charge in [-0.25, -0.2) is 0 Å². The van der Waals surface area contributed by atoms with Crippen molar-refractivity contribution in [1.29, 1.82) is 0 Å². The molecular weight excluding hydrogens is 330 g/mol. The van der Waals surface area contributed by atoms with E-state index in [1.807, 2.05) is 29.5 Å². The van der Waals surface area contributed by atoms with Gasteiger partial charge in [0.05, 0.1) is 4.88 Å². The maximum Gasteiger partial charge on any atom is 0.283 e. The lowest BCUT2D eigenvalue weighted by atomic mass is 10.0. The van der Waals surface area contributed by atoms with E-state index in [1.54, 1.807) is 4.90 Å². The molecule has 3 N–H and O–H groups in total. The Morgan fingerprint density at radius 3 is 2.48 bits per heavy atom. The topological polar surface area (TPSA) is 38.0 Å². The number of nitrogens with one attached hydrogen (secondary N) is 3. The molecule has 1 saturated carbocycles. The molecule has 1 saturated heterocycles. The SMILES string of the molecule is O=C(NC1CC1)[C@@H](c1ccccc1)[NH+]1CC[NH+](Cc2cccs2)CC1. The van der Waals surface area contributed by atoms with E-state index < -0.39 is 0 Å². The van der Waals surface area contributed by atoms with Gasteiger partial charge in [0.2, 0.25) is 0 Å². The van der Waals surface area contributed by atoms with Gasteiger partial charge in [0.1, 0.15) is 32.7 Å². The molecule has 25 heavy (non-hydrogen) atoms. The summed E-state index contributed by atoms with van der Waals surface area (Å²) in [6.07, 6.45) is 2.28. The van der Waals surface area contributed by atoms with Gasteiger partial charge >= 0.3 is 0 Å². The minimum absolute atomic E-state index is 0.0647. The molecular formula is C20H27N3OS+2. The Kier molecular flexibility index (Phi) is 5.15. The molecule has 4 rings (SSSR count). The van der Waals surface area contributed by atoms with E-state index in [1.165, 1.54) is 9.78 Å². The van der Waals surface area contributed by atoms with Gasteiger partial charge in [-0.1, -0.05) is 36.4 Å². The maximum atomic E-state index is 12.9. The second-order valence-corrected chi connectivity index (χ2v) is 8.32. The van der Waals surface area contributed by atoms with Crippen LogP contribution in [0.5, 0.6) is 0 Å². The molecule has 132 valence electrons. The number of carbonyl (C=O) groups excluding carboxylic acids is 1. The van der Waals surface area contributed by atoms with Crippen molar-refractivity contribution in [1.82, 2.24) is 5.32 Å². The summed E-state index contributed by atoms with van der Waals surface area (Å²) in [5.74, 6) is 0.213. The highest BCUT2D eigenvalue weighted by Gasteiger charge is 2.37. The molecule has 1 atom stereocenters. The molecule has 1 aromatic carbocycles. The molecule has 4 nitrogen and oxygen atoms in total. The molecule has 2 aliphatic rings. The fraction of sp³-hybridized carbons (Fsp3) is 0.450. The summed E-state index contributed by atoms with van der Waals surface area (Å²) >= 11 is 1.85. The third-order valence-corrected chi connectivity index (χ3v) is 6.21. The summed E-state index contributed by atoms with van der Waals surface area (Å²) in [5.41, 5.74) is 1.15. The molecule has 2 fully saturated rings. The second-order valence-electron chi connectivity index (χ2n) is 7.29. The van der Waals surface area contributed by atoms with E-state index in [4.69, 9.17) is 0 Å². The average Bonchev–Trinajstić information content (AvgIpc) is 3.30. The van der Waals surface area contributed by atoms with Crippen LogP contribution in [0.3, 0.4) is 0 Å². The standard InChI is InChI=1S/C20H25N3OS/c24-20(21-17-8-9-17)19(16-5-2-1-3-6-16)23-12-10-22(11-13-23)15-18-7-4-14-25-18/h1-7,14,17,19H,8-13,15H2,(H,21,24)/p+2/t19-/m1/s1. The summed E-state index contributed by atoms with van der Waals surface area (Å²) < 4.78 is 0. The molecule has 2 heterocycles. The normalized spacial score (nSPS) is 24.6. The van der Waals surface area contributed by atoms with Crippen LogP contribution in [0.1, 0.15) is 29.3 Å². The first-order valence-electron chi connectivity index (χ1n) is 9.35. The molecule has 5 heteroatoms.